The van der Waals surface area contributed by atoms with Crippen LogP contribution >= 0.6 is 0 Å². The molecule has 2 rings (SSSR count). The summed E-state index contributed by atoms with van der Waals surface area (Å²) in [6, 6.07) is 0.647. The number of ketones is 1. The van der Waals surface area contributed by atoms with Gasteiger partial charge in [0.1, 0.15) is 0 Å². The van der Waals surface area contributed by atoms with Crippen molar-refractivity contribution < 1.29 is 4.79 Å². The summed E-state index contributed by atoms with van der Waals surface area (Å²) < 4.78 is 0. The molecule has 1 aliphatic carbocycles. The molecule has 0 aromatic carbocycles. The molecule has 0 radical (unpaired) electrons. The van der Waals surface area contributed by atoms with Gasteiger partial charge in [-0.05, 0) is 13.8 Å². The van der Waals surface area contributed by atoms with E-state index in [1.165, 1.54) is 5.70 Å². The standard InChI is InChI=1S/C11H18N2O/c1-9(2)12-3-5-13(6-4-12)10-7-11(14)8-10/h7,9H,3-6,8H2,1-2H3. The highest BCUT2D eigenvalue weighted by Gasteiger charge is 2.25. The molecule has 1 fully saturated rings. The molecule has 0 atom stereocenters. The van der Waals surface area contributed by atoms with Gasteiger partial charge in [0.2, 0.25) is 0 Å². The quantitative estimate of drug-likeness (QED) is 0.651. The summed E-state index contributed by atoms with van der Waals surface area (Å²) in [6.07, 6.45) is 2.45. The fourth-order valence-electron chi connectivity index (χ4n) is 2.06. The van der Waals surface area contributed by atoms with Crippen LogP contribution < -0.4 is 0 Å². The van der Waals surface area contributed by atoms with Crippen LogP contribution in [0.1, 0.15) is 20.3 Å². The maximum Gasteiger partial charge on any atom is 0.163 e. The lowest BCUT2D eigenvalue weighted by molar-refractivity contribution is -0.116. The van der Waals surface area contributed by atoms with Gasteiger partial charge in [0.05, 0.1) is 6.42 Å². The molecule has 0 aromatic rings. The van der Waals surface area contributed by atoms with Crippen LogP contribution in [0.5, 0.6) is 0 Å². The van der Waals surface area contributed by atoms with Crippen molar-refractivity contribution in [1.82, 2.24) is 9.80 Å². The summed E-state index contributed by atoms with van der Waals surface area (Å²) in [4.78, 5) is 15.6. The van der Waals surface area contributed by atoms with E-state index in [1.807, 2.05) is 0 Å². The molecule has 0 N–H and O–H groups in total. The van der Waals surface area contributed by atoms with Crippen LogP contribution in [-0.4, -0.2) is 47.8 Å². The van der Waals surface area contributed by atoms with Crippen LogP contribution in [-0.2, 0) is 4.79 Å². The average Bonchev–Trinajstić information content (AvgIpc) is 2.13. The van der Waals surface area contributed by atoms with Crippen molar-refractivity contribution in [3.05, 3.63) is 11.8 Å². The maximum absolute atomic E-state index is 10.8. The largest absolute Gasteiger partial charge is 0.372 e. The van der Waals surface area contributed by atoms with Crippen LogP contribution in [0, 0.1) is 0 Å². The zero-order chi connectivity index (χ0) is 10.1. The van der Waals surface area contributed by atoms with Crippen molar-refractivity contribution in [2.45, 2.75) is 26.3 Å². The fourth-order valence-corrected chi connectivity index (χ4v) is 2.06. The van der Waals surface area contributed by atoms with Gasteiger partial charge in [0, 0.05) is 44.0 Å². The van der Waals surface area contributed by atoms with Crippen LogP contribution in [0.4, 0.5) is 0 Å². The Morgan fingerprint density at radius 2 is 1.79 bits per heavy atom. The van der Waals surface area contributed by atoms with Crippen molar-refractivity contribution >= 4 is 5.78 Å². The van der Waals surface area contributed by atoms with E-state index in [2.05, 4.69) is 23.6 Å². The summed E-state index contributed by atoms with van der Waals surface area (Å²) in [7, 11) is 0. The van der Waals surface area contributed by atoms with Crippen LogP contribution in [0.15, 0.2) is 11.8 Å². The van der Waals surface area contributed by atoms with Gasteiger partial charge < -0.3 is 4.90 Å². The molecular formula is C11H18N2O. The van der Waals surface area contributed by atoms with Crippen LogP contribution in [0.25, 0.3) is 0 Å². The van der Waals surface area contributed by atoms with E-state index in [4.69, 9.17) is 0 Å². The number of nitrogens with zero attached hydrogens (tertiary/aromatic N) is 2. The third-order valence-corrected chi connectivity index (χ3v) is 3.13. The normalized spacial score (nSPS) is 23.8. The molecule has 78 valence electrons. The lowest BCUT2D eigenvalue weighted by atomic mass is 10.0. The summed E-state index contributed by atoms with van der Waals surface area (Å²) >= 11 is 0. The van der Waals surface area contributed by atoms with Crippen LogP contribution in [0.2, 0.25) is 0 Å². The molecule has 1 aliphatic heterocycles. The molecule has 3 heteroatoms. The molecule has 0 amide bonds. The first-order valence-electron chi connectivity index (χ1n) is 5.39. The van der Waals surface area contributed by atoms with Gasteiger partial charge in [0.25, 0.3) is 0 Å². The third kappa shape index (κ3) is 1.82. The van der Waals surface area contributed by atoms with Gasteiger partial charge >= 0.3 is 0 Å². The molecule has 1 saturated heterocycles. The molecule has 3 nitrogen and oxygen atoms in total. The van der Waals surface area contributed by atoms with Crippen LogP contribution in [0.3, 0.4) is 0 Å². The van der Waals surface area contributed by atoms with E-state index < -0.39 is 0 Å². The Balaban J connectivity index is 1.85. The number of allylic oxidation sites excluding steroid dienone is 2. The van der Waals surface area contributed by atoms with Gasteiger partial charge in [0.15, 0.2) is 5.78 Å². The third-order valence-electron chi connectivity index (χ3n) is 3.13. The Hall–Kier alpha value is -0.830. The van der Waals surface area contributed by atoms with E-state index in [-0.39, 0.29) is 5.78 Å². The highest BCUT2D eigenvalue weighted by atomic mass is 16.1. The average molecular weight is 194 g/mol. The Morgan fingerprint density at radius 3 is 2.21 bits per heavy atom. The second-order valence-electron chi connectivity index (χ2n) is 4.40. The number of hydrogen-bond acceptors (Lipinski definition) is 3. The fraction of sp³-hybridized carbons (Fsp3) is 0.727. The highest BCUT2D eigenvalue weighted by molar-refractivity contribution is 5.98. The Morgan fingerprint density at radius 1 is 1.21 bits per heavy atom. The molecular weight excluding hydrogens is 176 g/mol. The van der Waals surface area contributed by atoms with E-state index >= 15 is 0 Å². The number of carbonyl (C=O) groups excluding carboxylic acids is 1. The molecule has 0 unspecified atom stereocenters. The smallest absolute Gasteiger partial charge is 0.163 e. The minimum absolute atomic E-state index is 0.284. The molecule has 0 bridgehead atoms. The van der Waals surface area contributed by atoms with Crippen molar-refractivity contribution in [1.29, 1.82) is 0 Å². The van der Waals surface area contributed by atoms with Gasteiger partial charge in [-0.2, -0.15) is 0 Å². The minimum atomic E-state index is 0.284. The number of rotatable bonds is 2. The van der Waals surface area contributed by atoms with E-state index in [1.54, 1.807) is 6.08 Å². The molecule has 0 aromatic heterocycles. The molecule has 14 heavy (non-hydrogen) atoms. The predicted molar refractivity (Wildman–Crippen MR) is 56.0 cm³/mol. The van der Waals surface area contributed by atoms with E-state index in [0.29, 0.717) is 12.5 Å². The molecule has 0 saturated carbocycles. The number of piperazine rings is 1. The molecule has 2 aliphatic rings. The van der Waals surface area contributed by atoms with Gasteiger partial charge in [-0.25, -0.2) is 0 Å². The number of hydrogen-bond donors (Lipinski definition) is 0. The molecule has 1 heterocycles. The minimum Gasteiger partial charge on any atom is -0.372 e. The Bertz CT molecular complexity index is 262. The first-order valence-corrected chi connectivity index (χ1v) is 5.39. The monoisotopic (exact) mass is 194 g/mol. The lowest BCUT2D eigenvalue weighted by Gasteiger charge is -2.40. The van der Waals surface area contributed by atoms with E-state index in [9.17, 15) is 4.79 Å². The first kappa shape index (κ1) is 9.71. The Kier molecular flexibility index (Phi) is 2.59. The van der Waals surface area contributed by atoms with Gasteiger partial charge in [-0.1, -0.05) is 0 Å². The highest BCUT2D eigenvalue weighted by Crippen LogP contribution is 2.21. The summed E-state index contributed by atoms with van der Waals surface area (Å²) in [5.74, 6) is 0.284. The maximum atomic E-state index is 10.8. The second kappa shape index (κ2) is 3.73. The van der Waals surface area contributed by atoms with Crippen molar-refractivity contribution in [3.63, 3.8) is 0 Å². The predicted octanol–water partition coefficient (Wildman–Crippen LogP) is 0.869. The van der Waals surface area contributed by atoms with Crippen molar-refractivity contribution in [2.24, 2.45) is 0 Å². The van der Waals surface area contributed by atoms with Gasteiger partial charge in [-0.3, -0.25) is 9.69 Å². The molecule has 0 spiro atoms. The zero-order valence-corrected chi connectivity index (χ0v) is 8.99. The SMILES string of the molecule is CC(C)N1CCN(C2=CC(=O)C2)CC1. The summed E-state index contributed by atoms with van der Waals surface area (Å²) in [5, 5.41) is 0. The van der Waals surface area contributed by atoms with Crippen molar-refractivity contribution in [2.75, 3.05) is 26.2 Å². The lowest BCUT2D eigenvalue weighted by Crippen LogP contribution is -2.49. The number of carbonyl (C=O) groups is 1. The Labute approximate surface area is 85.4 Å². The van der Waals surface area contributed by atoms with Gasteiger partial charge in [-0.15, -0.1) is 0 Å². The summed E-state index contributed by atoms with van der Waals surface area (Å²) in [6.45, 7) is 8.89. The summed E-state index contributed by atoms with van der Waals surface area (Å²) in [5.41, 5.74) is 1.25. The van der Waals surface area contributed by atoms with Crippen molar-refractivity contribution in [3.8, 4) is 0 Å². The topological polar surface area (TPSA) is 23.6 Å². The zero-order valence-electron chi connectivity index (χ0n) is 8.99. The first-order chi connectivity index (χ1) is 6.66. The van der Waals surface area contributed by atoms with E-state index in [0.717, 1.165) is 26.2 Å². The second-order valence-corrected chi connectivity index (χ2v) is 4.40.